The van der Waals surface area contributed by atoms with Crippen LogP contribution in [-0.2, 0) is 4.79 Å². The molecule has 2 aromatic rings. The van der Waals surface area contributed by atoms with Crippen molar-refractivity contribution in [2.24, 2.45) is 0 Å². The minimum absolute atomic E-state index is 0.00323. The molecular formula is C19H21N5O. The van der Waals surface area contributed by atoms with E-state index in [0.717, 1.165) is 42.9 Å². The number of benzene rings is 1. The standard InChI is InChI=1S/C19H21N5O/c1-23-8-6-15(7-9-23)24-19-17(12-21-24)16(10-18(25)22-19)14-4-2-13(11-20)3-5-14/h2-5,12,15-16H,6-10H2,1H3,(H,22,25). The van der Waals surface area contributed by atoms with Gasteiger partial charge >= 0.3 is 0 Å². The van der Waals surface area contributed by atoms with Crippen molar-refractivity contribution >= 4 is 11.7 Å². The molecule has 1 amide bonds. The second kappa shape index (κ2) is 6.34. The molecule has 6 nitrogen and oxygen atoms in total. The number of nitrogens with zero attached hydrogens (tertiary/aromatic N) is 4. The molecule has 0 spiro atoms. The molecule has 0 saturated carbocycles. The van der Waals surface area contributed by atoms with Gasteiger partial charge in [0.2, 0.25) is 5.91 Å². The Labute approximate surface area is 147 Å². The van der Waals surface area contributed by atoms with Crippen molar-refractivity contribution in [3.05, 3.63) is 47.2 Å². The number of fused-ring (bicyclic) bond motifs is 1. The van der Waals surface area contributed by atoms with Crippen LogP contribution >= 0.6 is 0 Å². The molecule has 4 rings (SSSR count). The molecular weight excluding hydrogens is 314 g/mol. The molecule has 2 aliphatic rings. The van der Waals surface area contributed by atoms with Crippen LogP contribution in [0.15, 0.2) is 30.5 Å². The van der Waals surface area contributed by atoms with Gasteiger partial charge in [0.15, 0.2) is 0 Å². The maximum atomic E-state index is 12.3. The van der Waals surface area contributed by atoms with E-state index in [1.54, 1.807) is 0 Å². The second-order valence-corrected chi connectivity index (χ2v) is 6.97. The highest BCUT2D eigenvalue weighted by atomic mass is 16.1. The van der Waals surface area contributed by atoms with Gasteiger partial charge in [0.1, 0.15) is 5.82 Å². The molecule has 1 N–H and O–H groups in total. The Morgan fingerprint density at radius 1 is 1.24 bits per heavy atom. The number of piperidine rings is 1. The average molecular weight is 335 g/mol. The summed E-state index contributed by atoms with van der Waals surface area (Å²) in [7, 11) is 2.14. The monoisotopic (exact) mass is 335 g/mol. The van der Waals surface area contributed by atoms with Gasteiger partial charge in [-0.3, -0.25) is 4.79 Å². The van der Waals surface area contributed by atoms with E-state index in [1.807, 2.05) is 35.1 Å². The molecule has 1 aromatic heterocycles. The minimum atomic E-state index is -0.00323. The first-order valence-corrected chi connectivity index (χ1v) is 8.71. The fourth-order valence-electron chi connectivity index (χ4n) is 3.84. The van der Waals surface area contributed by atoms with Crippen LogP contribution in [0, 0.1) is 11.3 Å². The van der Waals surface area contributed by atoms with Crippen molar-refractivity contribution < 1.29 is 4.79 Å². The van der Waals surface area contributed by atoms with Gasteiger partial charge in [0.25, 0.3) is 0 Å². The zero-order valence-corrected chi connectivity index (χ0v) is 14.3. The van der Waals surface area contributed by atoms with E-state index in [2.05, 4.69) is 28.4 Å². The fraction of sp³-hybridized carbons (Fsp3) is 0.421. The van der Waals surface area contributed by atoms with Crippen LogP contribution < -0.4 is 5.32 Å². The van der Waals surface area contributed by atoms with E-state index in [-0.39, 0.29) is 11.8 Å². The molecule has 1 fully saturated rings. The molecule has 0 bridgehead atoms. The van der Waals surface area contributed by atoms with Gasteiger partial charge in [-0.25, -0.2) is 4.68 Å². The molecule has 6 heteroatoms. The largest absolute Gasteiger partial charge is 0.311 e. The zero-order valence-electron chi connectivity index (χ0n) is 14.3. The van der Waals surface area contributed by atoms with Gasteiger partial charge in [-0.05, 0) is 50.7 Å². The predicted molar refractivity (Wildman–Crippen MR) is 94.2 cm³/mol. The molecule has 128 valence electrons. The van der Waals surface area contributed by atoms with Crippen LogP contribution in [0.3, 0.4) is 0 Å². The van der Waals surface area contributed by atoms with E-state index < -0.39 is 0 Å². The molecule has 1 aromatic carbocycles. The predicted octanol–water partition coefficient (Wildman–Crippen LogP) is 2.50. The molecule has 2 aliphatic heterocycles. The summed E-state index contributed by atoms with van der Waals surface area (Å²) in [5.41, 5.74) is 2.76. The van der Waals surface area contributed by atoms with Crippen molar-refractivity contribution in [3.8, 4) is 6.07 Å². The Kier molecular flexibility index (Phi) is 4.02. The van der Waals surface area contributed by atoms with Gasteiger partial charge in [-0.2, -0.15) is 10.4 Å². The molecule has 0 aliphatic carbocycles. The Morgan fingerprint density at radius 2 is 1.96 bits per heavy atom. The van der Waals surface area contributed by atoms with Crippen molar-refractivity contribution in [2.45, 2.75) is 31.2 Å². The van der Waals surface area contributed by atoms with Crippen molar-refractivity contribution in [3.63, 3.8) is 0 Å². The van der Waals surface area contributed by atoms with Crippen molar-refractivity contribution in [1.82, 2.24) is 14.7 Å². The highest BCUT2D eigenvalue weighted by molar-refractivity contribution is 5.94. The third-order valence-electron chi connectivity index (χ3n) is 5.32. The first-order valence-electron chi connectivity index (χ1n) is 8.71. The van der Waals surface area contributed by atoms with Crippen LogP contribution in [-0.4, -0.2) is 40.7 Å². The van der Waals surface area contributed by atoms with Crippen molar-refractivity contribution in [2.75, 3.05) is 25.5 Å². The third kappa shape index (κ3) is 2.92. The summed E-state index contributed by atoms with van der Waals surface area (Å²) in [6.07, 6.45) is 4.40. The second-order valence-electron chi connectivity index (χ2n) is 6.97. The lowest BCUT2D eigenvalue weighted by atomic mass is 9.87. The number of anilines is 1. The minimum Gasteiger partial charge on any atom is -0.311 e. The molecule has 0 radical (unpaired) electrons. The number of nitriles is 1. The quantitative estimate of drug-likeness (QED) is 0.915. The maximum Gasteiger partial charge on any atom is 0.226 e. The highest BCUT2D eigenvalue weighted by Crippen LogP contribution is 2.39. The summed E-state index contributed by atoms with van der Waals surface area (Å²) in [5, 5.41) is 16.6. The Balaban J connectivity index is 1.67. The number of carbonyl (C=O) groups excluding carboxylic acids is 1. The number of hydrogen-bond donors (Lipinski definition) is 1. The first kappa shape index (κ1) is 15.9. The molecule has 3 heterocycles. The number of hydrogen-bond acceptors (Lipinski definition) is 4. The van der Waals surface area contributed by atoms with Crippen LogP contribution in [0.25, 0.3) is 0 Å². The summed E-state index contributed by atoms with van der Waals surface area (Å²) in [4.78, 5) is 14.6. The van der Waals surface area contributed by atoms with Gasteiger partial charge < -0.3 is 10.2 Å². The first-order chi connectivity index (χ1) is 12.2. The maximum absolute atomic E-state index is 12.3. The Bertz CT molecular complexity index is 824. The number of amides is 1. The summed E-state index contributed by atoms with van der Waals surface area (Å²) < 4.78 is 2.01. The zero-order chi connectivity index (χ0) is 17.4. The summed E-state index contributed by atoms with van der Waals surface area (Å²) in [6.45, 7) is 2.10. The number of carbonyl (C=O) groups is 1. The van der Waals surface area contributed by atoms with Gasteiger partial charge in [0, 0.05) is 17.9 Å². The molecule has 1 unspecified atom stereocenters. The van der Waals surface area contributed by atoms with E-state index >= 15 is 0 Å². The van der Waals surface area contributed by atoms with Gasteiger partial charge in [-0.15, -0.1) is 0 Å². The molecule has 1 atom stereocenters. The number of rotatable bonds is 2. The van der Waals surface area contributed by atoms with E-state index in [0.29, 0.717) is 18.0 Å². The van der Waals surface area contributed by atoms with E-state index in [4.69, 9.17) is 5.26 Å². The number of aromatic nitrogens is 2. The van der Waals surface area contributed by atoms with Crippen LogP contribution in [0.1, 0.15) is 47.9 Å². The lowest BCUT2D eigenvalue weighted by molar-refractivity contribution is -0.116. The Hall–Kier alpha value is -2.65. The smallest absolute Gasteiger partial charge is 0.226 e. The lowest BCUT2D eigenvalue weighted by Crippen LogP contribution is -2.33. The SMILES string of the molecule is CN1CCC(n2ncc3c2NC(=O)CC3c2ccc(C#N)cc2)CC1. The normalized spacial score (nSPS) is 21.4. The molecule has 1 saturated heterocycles. The molecule has 25 heavy (non-hydrogen) atoms. The number of likely N-dealkylation sites (tertiary alicyclic amines) is 1. The average Bonchev–Trinajstić information content (AvgIpc) is 3.05. The van der Waals surface area contributed by atoms with E-state index in [1.165, 1.54) is 0 Å². The summed E-state index contributed by atoms with van der Waals surface area (Å²) in [6, 6.07) is 9.97. The third-order valence-corrected chi connectivity index (χ3v) is 5.32. The van der Waals surface area contributed by atoms with Crippen LogP contribution in [0.5, 0.6) is 0 Å². The van der Waals surface area contributed by atoms with Gasteiger partial charge in [0.05, 0.1) is 23.9 Å². The van der Waals surface area contributed by atoms with Crippen molar-refractivity contribution in [1.29, 1.82) is 5.26 Å². The Morgan fingerprint density at radius 3 is 2.64 bits per heavy atom. The topological polar surface area (TPSA) is 74.0 Å². The summed E-state index contributed by atoms with van der Waals surface area (Å²) in [5.74, 6) is 0.869. The lowest BCUT2D eigenvalue weighted by Gasteiger charge is -2.31. The van der Waals surface area contributed by atoms with Gasteiger partial charge in [-0.1, -0.05) is 12.1 Å². The van der Waals surface area contributed by atoms with Crippen LogP contribution in [0.2, 0.25) is 0 Å². The number of nitrogens with one attached hydrogen (secondary N) is 1. The van der Waals surface area contributed by atoms with Crippen LogP contribution in [0.4, 0.5) is 5.82 Å². The summed E-state index contributed by atoms with van der Waals surface area (Å²) >= 11 is 0. The van der Waals surface area contributed by atoms with E-state index in [9.17, 15) is 4.79 Å². The highest BCUT2D eigenvalue weighted by Gasteiger charge is 2.32. The fourth-order valence-corrected chi connectivity index (χ4v) is 3.84.